The number of fused-ring (bicyclic) bond motifs is 1. The summed E-state index contributed by atoms with van der Waals surface area (Å²) in [6.07, 6.45) is 4.53. The van der Waals surface area contributed by atoms with E-state index in [1.807, 2.05) is 6.92 Å². The van der Waals surface area contributed by atoms with Gasteiger partial charge in [-0.05, 0) is 63.6 Å². The highest BCUT2D eigenvalue weighted by Crippen LogP contribution is 2.31. The zero-order valence-corrected chi connectivity index (χ0v) is 19.6. The lowest BCUT2D eigenvalue weighted by atomic mass is 9.93. The summed E-state index contributed by atoms with van der Waals surface area (Å²) in [5.74, 6) is -0.627. The van der Waals surface area contributed by atoms with Crippen LogP contribution in [0.1, 0.15) is 55.1 Å². The van der Waals surface area contributed by atoms with Crippen LogP contribution in [0, 0.1) is 6.92 Å². The van der Waals surface area contributed by atoms with Crippen LogP contribution in [-0.2, 0) is 14.3 Å². The van der Waals surface area contributed by atoms with Crippen LogP contribution in [0.5, 0.6) is 5.75 Å². The number of aromatic nitrogens is 1. The monoisotopic (exact) mass is 473 g/mol. The fraction of sp³-hybridized carbons (Fsp3) is 0.500. The number of ether oxygens (including phenoxy) is 2. The highest BCUT2D eigenvalue weighted by Gasteiger charge is 2.35. The van der Waals surface area contributed by atoms with Crippen LogP contribution in [0.25, 0.3) is 10.9 Å². The Morgan fingerprint density at radius 2 is 1.97 bits per heavy atom. The molecule has 2 heterocycles. The van der Waals surface area contributed by atoms with Crippen molar-refractivity contribution in [2.45, 2.75) is 58.0 Å². The Labute approximate surface area is 197 Å². The number of aryl methyl sites for hydroxylation is 1. The van der Waals surface area contributed by atoms with Gasteiger partial charge in [0.2, 0.25) is 5.91 Å². The first-order valence-electron chi connectivity index (χ1n) is 11.4. The lowest BCUT2D eigenvalue weighted by Gasteiger charge is -2.30. The van der Waals surface area contributed by atoms with Crippen molar-refractivity contribution in [2.24, 2.45) is 0 Å². The number of hydrogen-bond acceptors (Lipinski definition) is 6. The van der Waals surface area contributed by atoms with E-state index in [0.29, 0.717) is 34.6 Å². The molecule has 9 heteroatoms. The fourth-order valence-corrected chi connectivity index (χ4v) is 4.32. The molecule has 2 fully saturated rings. The molecule has 2 aromatic rings. The third-order valence-electron chi connectivity index (χ3n) is 6.21. The molecule has 1 aliphatic heterocycles. The van der Waals surface area contributed by atoms with Crippen LogP contribution in [0.3, 0.4) is 0 Å². The third kappa shape index (κ3) is 5.05. The molecule has 2 aliphatic rings. The lowest BCUT2D eigenvalue weighted by molar-refractivity contribution is -0.140. The molecule has 4 rings (SSSR count). The Hall–Kier alpha value is -2.87. The molecular formula is C24H28ClN3O5. The number of nitrogens with zero attached hydrogens (tertiary/aromatic N) is 2. The van der Waals surface area contributed by atoms with Crippen LogP contribution in [0.4, 0.5) is 0 Å². The van der Waals surface area contributed by atoms with E-state index in [9.17, 15) is 14.4 Å². The second-order valence-corrected chi connectivity index (χ2v) is 8.92. The van der Waals surface area contributed by atoms with Gasteiger partial charge in [-0.1, -0.05) is 11.6 Å². The number of esters is 1. The number of carbonyl (C=O) groups excluding carboxylic acids is 3. The molecule has 33 heavy (non-hydrogen) atoms. The van der Waals surface area contributed by atoms with E-state index in [4.69, 9.17) is 21.1 Å². The molecule has 0 radical (unpaired) electrons. The molecule has 1 aromatic carbocycles. The van der Waals surface area contributed by atoms with Gasteiger partial charge in [-0.2, -0.15) is 0 Å². The third-order valence-corrected chi connectivity index (χ3v) is 6.62. The van der Waals surface area contributed by atoms with Crippen LogP contribution in [0.2, 0.25) is 5.02 Å². The maximum Gasteiger partial charge on any atom is 0.357 e. The van der Waals surface area contributed by atoms with Crippen LogP contribution >= 0.6 is 11.6 Å². The van der Waals surface area contributed by atoms with Crippen molar-refractivity contribution in [1.29, 1.82) is 0 Å². The highest BCUT2D eigenvalue weighted by molar-refractivity contribution is 6.32. The minimum atomic E-state index is -0.574. The zero-order chi connectivity index (χ0) is 23.5. The van der Waals surface area contributed by atoms with E-state index in [1.165, 1.54) is 6.07 Å². The van der Waals surface area contributed by atoms with E-state index in [0.717, 1.165) is 31.2 Å². The Balaban J connectivity index is 1.52. The molecule has 1 atom stereocenters. The molecule has 1 saturated carbocycles. The molecule has 1 N–H and O–H groups in total. The van der Waals surface area contributed by atoms with Crippen molar-refractivity contribution in [3.05, 3.63) is 34.5 Å². The van der Waals surface area contributed by atoms with Crippen molar-refractivity contribution in [3.63, 3.8) is 0 Å². The molecule has 0 spiro atoms. The van der Waals surface area contributed by atoms with E-state index < -0.39 is 12.0 Å². The average molecular weight is 474 g/mol. The van der Waals surface area contributed by atoms with Gasteiger partial charge in [0.05, 0.1) is 12.1 Å². The summed E-state index contributed by atoms with van der Waals surface area (Å²) >= 11 is 6.30. The van der Waals surface area contributed by atoms with Gasteiger partial charge in [-0.3, -0.25) is 9.59 Å². The molecule has 1 aliphatic carbocycles. The van der Waals surface area contributed by atoms with Crippen molar-refractivity contribution < 1.29 is 23.9 Å². The first-order chi connectivity index (χ1) is 15.9. The van der Waals surface area contributed by atoms with Crippen LogP contribution in [0.15, 0.2) is 18.2 Å². The second-order valence-electron chi connectivity index (χ2n) is 8.51. The maximum atomic E-state index is 13.0. The molecule has 176 valence electrons. The number of likely N-dealkylation sites (tertiary alicyclic amines) is 1. The average Bonchev–Trinajstić information content (AvgIpc) is 3.25. The largest absolute Gasteiger partial charge is 0.483 e. The smallest absolute Gasteiger partial charge is 0.357 e. The fourth-order valence-electron chi connectivity index (χ4n) is 4.16. The van der Waals surface area contributed by atoms with Crippen molar-refractivity contribution >= 4 is 40.3 Å². The van der Waals surface area contributed by atoms with E-state index in [1.54, 1.807) is 24.0 Å². The Kier molecular flexibility index (Phi) is 7.02. The van der Waals surface area contributed by atoms with Gasteiger partial charge >= 0.3 is 5.97 Å². The Morgan fingerprint density at radius 3 is 2.67 bits per heavy atom. The molecule has 8 nitrogen and oxygen atoms in total. The Morgan fingerprint density at radius 1 is 1.18 bits per heavy atom. The summed E-state index contributed by atoms with van der Waals surface area (Å²) in [6, 6.07) is 4.69. The number of pyridine rings is 1. The number of carbonyl (C=O) groups is 3. The number of halogens is 1. The number of hydrogen-bond donors (Lipinski definition) is 1. The number of nitrogens with one attached hydrogen (secondary N) is 1. The Bertz CT molecular complexity index is 1090. The van der Waals surface area contributed by atoms with Gasteiger partial charge in [0.1, 0.15) is 11.8 Å². The number of rotatable bonds is 7. The molecule has 2 amide bonds. The predicted molar refractivity (Wildman–Crippen MR) is 123 cm³/mol. The number of benzene rings is 1. The molecule has 0 unspecified atom stereocenters. The second kappa shape index (κ2) is 9.95. The first kappa shape index (κ1) is 23.3. The van der Waals surface area contributed by atoms with E-state index in [2.05, 4.69) is 10.3 Å². The summed E-state index contributed by atoms with van der Waals surface area (Å²) in [4.78, 5) is 43.9. The van der Waals surface area contributed by atoms with Crippen LogP contribution in [-0.4, -0.2) is 59.5 Å². The predicted octanol–water partition coefficient (Wildman–Crippen LogP) is 3.41. The van der Waals surface area contributed by atoms with Crippen LogP contribution < -0.4 is 10.1 Å². The van der Waals surface area contributed by atoms with E-state index in [-0.39, 0.29) is 36.8 Å². The summed E-state index contributed by atoms with van der Waals surface area (Å²) < 4.78 is 10.9. The van der Waals surface area contributed by atoms with Gasteiger partial charge in [0, 0.05) is 29.1 Å². The molecule has 0 bridgehead atoms. The normalized spacial score (nSPS) is 18.2. The number of amides is 2. The van der Waals surface area contributed by atoms with Crippen molar-refractivity contribution in [2.75, 3.05) is 19.8 Å². The van der Waals surface area contributed by atoms with Gasteiger partial charge in [-0.25, -0.2) is 9.78 Å². The minimum absolute atomic E-state index is 0.0902. The van der Waals surface area contributed by atoms with Crippen molar-refractivity contribution in [1.82, 2.24) is 15.2 Å². The molecule has 1 aromatic heterocycles. The highest BCUT2D eigenvalue weighted by atomic mass is 35.5. The maximum absolute atomic E-state index is 13.0. The quantitative estimate of drug-likeness (QED) is 0.619. The SMILES string of the molecule is CCOC(=O)c1cc(OCC(=O)N2CCC[C@H]2C(=O)NC2CCC2)c2cc(Cl)c(C)cc2n1. The van der Waals surface area contributed by atoms with Gasteiger partial charge in [0.15, 0.2) is 12.3 Å². The summed E-state index contributed by atoms with van der Waals surface area (Å²) in [5, 5.41) is 4.15. The van der Waals surface area contributed by atoms with Gasteiger partial charge in [0.25, 0.3) is 5.91 Å². The first-order valence-corrected chi connectivity index (χ1v) is 11.8. The topological polar surface area (TPSA) is 97.8 Å². The minimum Gasteiger partial charge on any atom is -0.483 e. The lowest BCUT2D eigenvalue weighted by Crippen LogP contribution is -2.51. The summed E-state index contributed by atoms with van der Waals surface area (Å²) in [6.45, 7) is 4.02. The van der Waals surface area contributed by atoms with Gasteiger partial charge in [-0.15, -0.1) is 0 Å². The summed E-state index contributed by atoms with van der Waals surface area (Å²) in [5.41, 5.74) is 1.41. The van der Waals surface area contributed by atoms with Crippen molar-refractivity contribution in [3.8, 4) is 5.75 Å². The standard InChI is InChI=1S/C24H28ClN3O5/c1-3-32-24(31)19-12-21(16-11-17(25)14(2)10-18(16)27-19)33-13-22(29)28-9-5-8-20(28)23(30)26-15-6-4-7-15/h10-12,15,20H,3-9,13H2,1-2H3,(H,26,30)/t20-/m0/s1. The zero-order valence-electron chi connectivity index (χ0n) is 18.9. The van der Waals surface area contributed by atoms with E-state index >= 15 is 0 Å². The molecule has 1 saturated heterocycles. The summed E-state index contributed by atoms with van der Waals surface area (Å²) in [7, 11) is 0. The van der Waals surface area contributed by atoms with Gasteiger partial charge < -0.3 is 19.7 Å². The molecular weight excluding hydrogens is 446 g/mol.